The minimum Gasteiger partial charge on any atom is -0.505 e. The van der Waals surface area contributed by atoms with E-state index in [1.807, 2.05) is 6.26 Å². The van der Waals surface area contributed by atoms with Gasteiger partial charge in [-0.25, -0.2) is 0 Å². The van der Waals surface area contributed by atoms with E-state index in [0.717, 1.165) is 18.3 Å². The molecule has 0 amide bonds. The number of ether oxygens (including phenoxy) is 1. The van der Waals surface area contributed by atoms with Crippen LogP contribution in [0.5, 0.6) is 0 Å². The first-order chi connectivity index (χ1) is 11.8. The Morgan fingerprint density at radius 2 is 2.17 bits per heavy atom. The van der Waals surface area contributed by atoms with Crippen molar-refractivity contribution in [2.75, 3.05) is 20.2 Å². The maximum absolute atomic E-state index is 5.11. The molecule has 0 bridgehead atoms. The van der Waals surface area contributed by atoms with Crippen molar-refractivity contribution < 1.29 is 4.74 Å². The summed E-state index contributed by atoms with van der Waals surface area (Å²) in [7, 11) is 1.73. The van der Waals surface area contributed by atoms with Gasteiger partial charge in [0.25, 0.3) is 0 Å². The fourth-order valence-electron chi connectivity index (χ4n) is 4.86. The number of piperidine rings is 1. The highest BCUT2D eigenvalue weighted by atomic mass is 16.5. The second-order valence-corrected chi connectivity index (χ2v) is 7.33. The third kappa shape index (κ3) is 2.65. The molecule has 2 aromatic rings. The Hall–Kier alpha value is -1.74. The number of para-hydroxylation sites is 1. The van der Waals surface area contributed by atoms with E-state index in [2.05, 4.69) is 47.1 Å². The summed E-state index contributed by atoms with van der Waals surface area (Å²) < 4.78 is 5.11. The zero-order chi connectivity index (χ0) is 16.5. The number of allylic oxidation sites excluding steroid dienone is 1. The normalized spacial score (nSPS) is 27.3. The van der Waals surface area contributed by atoms with Crippen LogP contribution in [0.15, 0.2) is 36.6 Å². The zero-order valence-corrected chi connectivity index (χ0v) is 14.8. The van der Waals surface area contributed by atoms with E-state index < -0.39 is 0 Å². The van der Waals surface area contributed by atoms with Crippen molar-refractivity contribution in [3.63, 3.8) is 0 Å². The summed E-state index contributed by atoms with van der Waals surface area (Å²) in [5.41, 5.74) is 4.35. The van der Waals surface area contributed by atoms with E-state index >= 15 is 0 Å². The van der Waals surface area contributed by atoms with Gasteiger partial charge in [-0.1, -0.05) is 31.5 Å². The van der Waals surface area contributed by atoms with Gasteiger partial charge >= 0.3 is 0 Å². The Bertz CT molecular complexity index is 733. The standard InChI is InChI=1S/C21H28N2O/c1-3-15-14-23-11-10-18-17-8-4-5-9-19(17)22-21(18)20(23)13-16(15)7-6-12-24-2/h4-6,8-9,12,15-16,20,22H,3,7,10-11,13-14H2,1-2H3/b12-6+/t15-,16-,20+/m0/s1. The first kappa shape index (κ1) is 15.8. The Kier molecular flexibility index (Phi) is 4.36. The van der Waals surface area contributed by atoms with E-state index in [0.29, 0.717) is 6.04 Å². The van der Waals surface area contributed by atoms with Crippen LogP contribution < -0.4 is 0 Å². The second-order valence-electron chi connectivity index (χ2n) is 7.33. The van der Waals surface area contributed by atoms with Crippen LogP contribution in [-0.2, 0) is 11.2 Å². The third-order valence-electron chi connectivity index (χ3n) is 6.13. The lowest BCUT2D eigenvalue weighted by molar-refractivity contribution is 0.0513. The van der Waals surface area contributed by atoms with Gasteiger partial charge in [0.05, 0.1) is 19.4 Å². The maximum Gasteiger partial charge on any atom is 0.0784 e. The predicted molar refractivity (Wildman–Crippen MR) is 99.0 cm³/mol. The van der Waals surface area contributed by atoms with Crippen molar-refractivity contribution >= 4 is 10.9 Å². The molecule has 1 saturated heterocycles. The molecule has 3 nitrogen and oxygen atoms in total. The smallest absolute Gasteiger partial charge is 0.0784 e. The molecular weight excluding hydrogens is 296 g/mol. The highest BCUT2D eigenvalue weighted by Gasteiger charge is 2.38. The van der Waals surface area contributed by atoms with Crippen LogP contribution in [0.3, 0.4) is 0 Å². The number of aromatic amines is 1. The van der Waals surface area contributed by atoms with Crippen LogP contribution in [0.4, 0.5) is 0 Å². The molecule has 1 fully saturated rings. The van der Waals surface area contributed by atoms with Crippen molar-refractivity contribution in [3.05, 3.63) is 47.9 Å². The third-order valence-corrected chi connectivity index (χ3v) is 6.13. The number of hydrogen-bond donors (Lipinski definition) is 1. The van der Waals surface area contributed by atoms with Crippen molar-refractivity contribution in [2.45, 2.75) is 38.6 Å². The number of aromatic nitrogens is 1. The van der Waals surface area contributed by atoms with Gasteiger partial charge in [0.15, 0.2) is 0 Å². The fourth-order valence-corrected chi connectivity index (χ4v) is 4.86. The molecule has 1 aromatic heterocycles. The van der Waals surface area contributed by atoms with Crippen LogP contribution >= 0.6 is 0 Å². The highest BCUT2D eigenvalue weighted by Crippen LogP contribution is 2.44. The van der Waals surface area contributed by atoms with Crippen LogP contribution in [0.1, 0.15) is 43.5 Å². The Morgan fingerprint density at radius 1 is 1.29 bits per heavy atom. The summed E-state index contributed by atoms with van der Waals surface area (Å²) in [5.74, 6) is 1.55. The lowest BCUT2D eigenvalue weighted by Crippen LogP contribution is -2.45. The molecule has 1 aromatic carbocycles. The van der Waals surface area contributed by atoms with Crippen molar-refractivity contribution in [3.8, 4) is 0 Å². The van der Waals surface area contributed by atoms with Gasteiger partial charge in [-0.05, 0) is 48.8 Å². The van der Waals surface area contributed by atoms with Gasteiger partial charge in [0, 0.05) is 29.7 Å². The first-order valence-corrected chi connectivity index (χ1v) is 9.33. The molecule has 0 unspecified atom stereocenters. The number of nitrogens with one attached hydrogen (secondary N) is 1. The minimum atomic E-state index is 0.560. The van der Waals surface area contributed by atoms with E-state index in [1.54, 1.807) is 12.7 Å². The van der Waals surface area contributed by atoms with Gasteiger partial charge in [-0.15, -0.1) is 0 Å². The number of methoxy groups -OCH3 is 1. The van der Waals surface area contributed by atoms with Crippen molar-refractivity contribution in [1.29, 1.82) is 0 Å². The van der Waals surface area contributed by atoms with Gasteiger partial charge in [0.2, 0.25) is 0 Å². The molecule has 4 rings (SSSR count). The summed E-state index contributed by atoms with van der Waals surface area (Å²) >= 11 is 0. The van der Waals surface area contributed by atoms with Gasteiger partial charge in [0.1, 0.15) is 0 Å². The van der Waals surface area contributed by atoms with Crippen LogP contribution in [0.2, 0.25) is 0 Å². The number of rotatable bonds is 4. The quantitative estimate of drug-likeness (QED) is 0.828. The summed E-state index contributed by atoms with van der Waals surface area (Å²) in [6.07, 6.45) is 8.89. The molecular formula is C21H28N2O. The van der Waals surface area contributed by atoms with E-state index in [4.69, 9.17) is 4.74 Å². The van der Waals surface area contributed by atoms with Gasteiger partial charge in [-0.2, -0.15) is 0 Å². The largest absolute Gasteiger partial charge is 0.505 e. The topological polar surface area (TPSA) is 28.3 Å². The number of benzene rings is 1. The van der Waals surface area contributed by atoms with E-state index in [9.17, 15) is 0 Å². The maximum atomic E-state index is 5.11. The number of nitrogens with zero attached hydrogens (tertiary/aromatic N) is 1. The molecule has 3 heterocycles. The molecule has 3 heteroatoms. The average Bonchev–Trinajstić information content (AvgIpc) is 3.00. The lowest BCUT2D eigenvalue weighted by Gasteiger charge is -2.46. The van der Waals surface area contributed by atoms with Crippen molar-refractivity contribution in [2.24, 2.45) is 11.8 Å². The molecule has 0 radical (unpaired) electrons. The summed E-state index contributed by atoms with van der Waals surface area (Å²) in [5, 5.41) is 1.43. The van der Waals surface area contributed by atoms with E-state index in [1.165, 1.54) is 48.9 Å². The number of H-pyrrole nitrogens is 1. The van der Waals surface area contributed by atoms with E-state index in [-0.39, 0.29) is 0 Å². The summed E-state index contributed by atoms with van der Waals surface area (Å²) in [4.78, 5) is 6.48. The molecule has 128 valence electrons. The molecule has 24 heavy (non-hydrogen) atoms. The second kappa shape index (κ2) is 6.64. The first-order valence-electron chi connectivity index (χ1n) is 9.33. The summed E-state index contributed by atoms with van der Waals surface area (Å²) in [6.45, 7) is 4.79. The SMILES string of the molecule is CC[C@H]1CN2CCc3c([nH]c4ccccc34)[C@H]2C[C@@H]1C/C=C/OC. The Morgan fingerprint density at radius 3 is 3.00 bits per heavy atom. The molecule has 0 spiro atoms. The lowest BCUT2D eigenvalue weighted by atomic mass is 9.76. The Labute approximate surface area is 144 Å². The minimum absolute atomic E-state index is 0.560. The average molecular weight is 324 g/mol. The summed E-state index contributed by atoms with van der Waals surface area (Å²) in [6, 6.07) is 9.35. The number of fused-ring (bicyclic) bond motifs is 5. The predicted octanol–water partition coefficient (Wildman–Crippen LogP) is 4.66. The molecule has 0 saturated carbocycles. The Balaban J connectivity index is 1.64. The zero-order valence-electron chi connectivity index (χ0n) is 14.8. The van der Waals surface area contributed by atoms with Crippen LogP contribution in [-0.4, -0.2) is 30.1 Å². The highest BCUT2D eigenvalue weighted by molar-refractivity contribution is 5.85. The monoisotopic (exact) mass is 324 g/mol. The molecule has 1 N–H and O–H groups in total. The van der Waals surface area contributed by atoms with Crippen molar-refractivity contribution in [1.82, 2.24) is 9.88 Å². The van der Waals surface area contributed by atoms with Crippen LogP contribution in [0.25, 0.3) is 10.9 Å². The van der Waals surface area contributed by atoms with Gasteiger partial charge < -0.3 is 9.72 Å². The fraction of sp³-hybridized carbons (Fsp3) is 0.524. The number of hydrogen-bond acceptors (Lipinski definition) is 2. The molecule has 2 aliphatic rings. The van der Waals surface area contributed by atoms with Crippen LogP contribution in [0, 0.1) is 11.8 Å². The van der Waals surface area contributed by atoms with Gasteiger partial charge in [-0.3, -0.25) is 4.90 Å². The molecule has 0 aliphatic carbocycles. The molecule has 2 aliphatic heterocycles. The molecule has 3 atom stereocenters.